The Morgan fingerprint density at radius 2 is 1.59 bits per heavy atom. The minimum Gasteiger partial charge on any atom is -0.435 e. The van der Waals surface area contributed by atoms with E-state index in [0.717, 1.165) is 6.07 Å². The summed E-state index contributed by atoms with van der Waals surface area (Å²) in [5, 5.41) is 2.99. The van der Waals surface area contributed by atoms with Crippen molar-refractivity contribution in [2.24, 2.45) is 0 Å². The first-order chi connectivity index (χ1) is 12.3. The zero-order valence-electron chi connectivity index (χ0n) is 13.9. The van der Waals surface area contributed by atoms with Crippen molar-refractivity contribution in [2.75, 3.05) is 13.1 Å². The van der Waals surface area contributed by atoms with Crippen molar-refractivity contribution in [1.82, 2.24) is 5.32 Å². The van der Waals surface area contributed by atoms with Crippen LogP contribution in [-0.2, 0) is 10.9 Å². The van der Waals surface area contributed by atoms with Crippen LogP contribution in [0.25, 0.3) is 0 Å². The van der Waals surface area contributed by atoms with Gasteiger partial charge in [0.15, 0.2) is 0 Å². The first-order valence-corrected chi connectivity index (χ1v) is 7.91. The molecule has 1 fully saturated rings. The third-order valence-electron chi connectivity index (χ3n) is 4.03. The van der Waals surface area contributed by atoms with E-state index in [-0.39, 0.29) is 29.8 Å². The van der Waals surface area contributed by atoms with E-state index < -0.39 is 24.5 Å². The molecule has 0 bridgehead atoms. The number of hydrogen-bond donors (Lipinski definition) is 1. The number of alkyl halides is 5. The third kappa shape index (κ3) is 5.31. The number of halogens is 6. The number of benzene rings is 2. The molecule has 0 saturated carbocycles. The van der Waals surface area contributed by atoms with Crippen molar-refractivity contribution in [3.05, 3.63) is 65.2 Å². The van der Waals surface area contributed by atoms with Crippen LogP contribution >= 0.6 is 12.4 Å². The maximum atomic E-state index is 13.4. The molecule has 0 aliphatic carbocycles. The second-order valence-corrected chi connectivity index (χ2v) is 5.83. The van der Waals surface area contributed by atoms with Gasteiger partial charge in [-0.25, -0.2) is 0 Å². The summed E-state index contributed by atoms with van der Waals surface area (Å²) in [7, 11) is 0. The molecule has 27 heavy (non-hydrogen) atoms. The average Bonchev–Trinajstić information content (AvgIpc) is 2.54. The highest BCUT2D eigenvalue weighted by Crippen LogP contribution is 2.39. The molecule has 148 valence electrons. The van der Waals surface area contributed by atoms with Gasteiger partial charge in [-0.2, -0.15) is 22.0 Å². The van der Waals surface area contributed by atoms with Crippen molar-refractivity contribution < 1.29 is 31.4 Å². The predicted molar refractivity (Wildman–Crippen MR) is 91.4 cm³/mol. The van der Waals surface area contributed by atoms with Crippen LogP contribution in [0.5, 0.6) is 5.75 Å². The summed E-state index contributed by atoms with van der Waals surface area (Å²) >= 11 is 0. The van der Waals surface area contributed by atoms with Crippen molar-refractivity contribution >= 4 is 12.4 Å². The molecule has 0 aromatic heterocycles. The lowest BCUT2D eigenvalue weighted by Crippen LogP contribution is -2.49. The summed E-state index contributed by atoms with van der Waals surface area (Å²) in [6.45, 7) is -1.89. The van der Waals surface area contributed by atoms with Crippen LogP contribution in [0.2, 0.25) is 0 Å². The highest BCUT2D eigenvalue weighted by molar-refractivity contribution is 5.85. The molecular formula is C18H17ClF5NO2. The van der Waals surface area contributed by atoms with Gasteiger partial charge < -0.3 is 14.8 Å². The lowest BCUT2D eigenvalue weighted by atomic mass is 9.95. The number of hydrogen-bond acceptors (Lipinski definition) is 3. The van der Waals surface area contributed by atoms with Gasteiger partial charge in [-0.05, 0) is 29.3 Å². The van der Waals surface area contributed by atoms with E-state index in [4.69, 9.17) is 4.74 Å². The fourth-order valence-corrected chi connectivity index (χ4v) is 2.69. The molecule has 0 spiro atoms. The van der Waals surface area contributed by atoms with Gasteiger partial charge in [-0.1, -0.05) is 30.3 Å². The van der Waals surface area contributed by atoms with Gasteiger partial charge in [0.2, 0.25) is 0 Å². The van der Waals surface area contributed by atoms with Crippen molar-refractivity contribution in [2.45, 2.75) is 25.0 Å². The Balaban J connectivity index is 0.00000261. The fourth-order valence-electron chi connectivity index (χ4n) is 2.69. The number of ether oxygens (including phenoxy) is 2. The molecule has 3 nitrogen and oxygen atoms in total. The summed E-state index contributed by atoms with van der Waals surface area (Å²) in [5.41, 5.74) is -0.380. The van der Waals surface area contributed by atoms with Crippen LogP contribution in [0.1, 0.15) is 22.8 Å². The Labute approximate surface area is 158 Å². The van der Waals surface area contributed by atoms with Gasteiger partial charge in [0.05, 0.1) is 11.7 Å². The molecular weight excluding hydrogens is 393 g/mol. The molecule has 2 aromatic carbocycles. The predicted octanol–water partition coefficient (Wildman–Crippen LogP) is 4.81. The van der Waals surface area contributed by atoms with Crippen LogP contribution in [0, 0.1) is 0 Å². The minimum atomic E-state index is -4.53. The molecule has 0 radical (unpaired) electrons. The minimum absolute atomic E-state index is 0. The highest BCUT2D eigenvalue weighted by atomic mass is 35.5. The molecule has 1 atom stereocenters. The second-order valence-electron chi connectivity index (χ2n) is 5.83. The zero-order valence-corrected chi connectivity index (χ0v) is 14.7. The Morgan fingerprint density at radius 1 is 0.963 bits per heavy atom. The summed E-state index contributed by atoms with van der Waals surface area (Å²) in [6.07, 6.45) is -5.73. The number of nitrogens with one attached hydrogen (secondary N) is 1. The maximum Gasteiger partial charge on any atom is 0.416 e. The largest absolute Gasteiger partial charge is 0.435 e. The van der Waals surface area contributed by atoms with Crippen LogP contribution < -0.4 is 10.1 Å². The van der Waals surface area contributed by atoms with E-state index in [1.807, 2.05) is 0 Å². The monoisotopic (exact) mass is 409 g/mol. The van der Waals surface area contributed by atoms with Crippen molar-refractivity contribution in [3.8, 4) is 5.75 Å². The highest BCUT2D eigenvalue weighted by Gasteiger charge is 2.36. The van der Waals surface area contributed by atoms with Gasteiger partial charge in [0, 0.05) is 13.1 Å². The average molecular weight is 410 g/mol. The Morgan fingerprint density at radius 3 is 2.11 bits per heavy atom. The quantitative estimate of drug-likeness (QED) is 0.695. The standard InChI is InChI=1S/C18H16F5NO2.ClH/c19-17(20)26-12-7-5-11(6-8-12)16(25-13-9-24-10-13)14-3-1-2-4-15(14)18(21,22)23;/h1-8,13,16-17,24H,9-10H2;1H. The molecule has 1 aliphatic rings. The van der Waals surface area contributed by atoms with Crippen molar-refractivity contribution in [1.29, 1.82) is 0 Å². The van der Waals surface area contributed by atoms with E-state index in [1.54, 1.807) is 0 Å². The van der Waals surface area contributed by atoms with E-state index in [0.29, 0.717) is 18.7 Å². The molecule has 0 amide bonds. The zero-order chi connectivity index (χ0) is 18.7. The van der Waals surface area contributed by atoms with Gasteiger partial charge >= 0.3 is 12.8 Å². The smallest absolute Gasteiger partial charge is 0.416 e. The van der Waals surface area contributed by atoms with Crippen molar-refractivity contribution in [3.63, 3.8) is 0 Å². The first kappa shape index (κ1) is 21.4. The van der Waals surface area contributed by atoms with Crippen LogP contribution in [0.3, 0.4) is 0 Å². The van der Waals surface area contributed by atoms with E-state index >= 15 is 0 Å². The molecule has 2 aromatic rings. The normalized spacial score (nSPS) is 15.8. The van der Waals surface area contributed by atoms with E-state index in [1.165, 1.54) is 42.5 Å². The van der Waals surface area contributed by atoms with Gasteiger partial charge in [0.25, 0.3) is 0 Å². The molecule has 1 aliphatic heterocycles. The topological polar surface area (TPSA) is 30.5 Å². The van der Waals surface area contributed by atoms with Crippen LogP contribution in [0.4, 0.5) is 22.0 Å². The summed E-state index contributed by atoms with van der Waals surface area (Å²) < 4.78 is 74.9. The fraction of sp³-hybridized carbons (Fsp3) is 0.333. The summed E-state index contributed by atoms with van der Waals surface area (Å²) in [4.78, 5) is 0. The Kier molecular flexibility index (Phi) is 7.02. The van der Waals surface area contributed by atoms with Gasteiger partial charge in [-0.15, -0.1) is 12.4 Å². The van der Waals surface area contributed by atoms with Crippen LogP contribution in [-0.4, -0.2) is 25.8 Å². The molecule has 1 N–H and O–H groups in total. The molecule has 1 saturated heterocycles. The van der Waals surface area contributed by atoms with Crippen LogP contribution in [0.15, 0.2) is 48.5 Å². The SMILES string of the molecule is Cl.FC(F)Oc1ccc(C(OC2CNC2)c2ccccc2C(F)(F)F)cc1. The maximum absolute atomic E-state index is 13.4. The molecule has 1 unspecified atom stereocenters. The second kappa shape index (κ2) is 8.86. The first-order valence-electron chi connectivity index (χ1n) is 7.91. The summed E-state index contributed by atoms with van der Waals surface area (Å²) in [5.74, 6) is -0.0723. The van der Waals surface area contributed by atoms with E-state index in [2.05, 4.69) is 10.1 Å². The molecule has 9 heteroatoms. The summed E-state index contributed by atoms with van der Waals surface area (Å²) in [6, 6.07) is 10.6. The third-order valence-corrected chi connectivity index (χ3v) is 4.03. The number of rotatable bonds is 6. The molecule has 1 heterocycles. The Hall–Kier alpha value is -1.90. The molecule has 3 rings (SSSR count). The Bertz CT molecular complexity index is 735. The van der Waals surface area contributed by atoms with Gasteiger partial charge in [0.1, 0.15) is 11.9 Å². The van der Waals surface area contributed by atoms with Gasteiger partial charge in [-0.3, -0.25) is 0 Å². The lowest BCUT2D eigenvalue weighted by molar-refractivity contribution is -0.140. The van der Waals surface area contributed by atoms with E-state index in [9.17, 15) is 22.0 Å². The lowest BCUT2D eigenvalue weighted by Gasteiger charge is -2.33.